The van der Waals surface area contributed by atoms with Crippen molar-refractivity contribution in [1.29, 1.82) is 0 Å². The molecular weight excluding hydrogens is 246 g/mol. The number of hydrogen-bond donors (Lipinski definition) is 0. The van der Waals surface area contributed by atoms with Gasteiger partial charge in [0.1, 0.15) is 16.8 Å². The van der Waals surface area contributed by atoms with E-state index in [4.69, 9.17) is 11.6 Å². The maximum atomic E-state index is 6.21. The maximum Gasteiger partial charge on any atom is 0.137 e. The fourth-order valence-electron chi connectivity index (χ4n) is 2.38. The van der Waals surface area contributed by atoms with E-state index in [0.717, 1.165) is 42.5 Å². The van der Waals surface area contributed by atoms with Crippen LogP contribution in [0.4, 0.5) is 5.82 Å². The first-order valence-corrected chi connectivity index (χ1v) is 7.23. The topological polar surface area (TPSA) is 29.0 Å². The van der Waals surface area contributed by atoms with Crippen LogP contribution >= 0.6 is 11.6 Å². The molecule has 1 heterocycles. The number of nitrogens with zero attached hydrogens (tertiary/aromatic N) is 3. The molecule has 0 spiro atoms. The van der Waals surface area contributed by atoms with Crippen LogP contribution in [0.5, 0.6) is 0 Å². The summed E-state index contributed by atoms with van der Waals surface area (Å²) in [4.78, 5) is 11.3. The van der Waals surface area contributed by atoms with Crippen LogP contribution < -0.4 is 4.90 Å². The Balaban J connectivity index is 2.18. The second kappa shape index (κ2) is 5.87. The molecule has 100 valence electrons. The first-order chi connectivity index (χ1) is 8.61. The van der Waals surface area contributed by atoms with Crippen LogP contribution in [0.25, 0.3) is 0 Å². The summed E-state index contributed by atoms with van der Waals surface area (Å²) >= 11 is 6.21. The van der Waals surface area contributed by atoms with Crippen molar-refractivity contribution in [2.45, 2.75) is 46.0 Å². The van der Waals surface area contributed by atoms with Gasteiger partial charge in [0, 0.05) is 25.6 Å². The van der Waals surface area contributed by atoms with Gasteiger partial charge in [-0.25, -0.2) is 9.97 Å². The molecular formula is C14H22ClN3. The van der Waals surface area contributed by atoms with Crippen molar-refractivity contribution in [3.8, 4) is 0 Å². The molecule has 0 unspecified atom stereocenters. The molecule has 2 rings (SSSR count). The van der Waals surface area contributed by atoms with Crippen LogP contribution in [0.1, 0.15) is 44.0 Å². The minimum absolute atomic E-state index is 0.601. The number of anilines is 1. The number of halogens is 1. The Labute approximate surface area is 115 Å². The number of hydrogen-bond acceptors (Lipinski definition) is 3. The van der Waals surface area contributed by atoms with Crippen molar-refractivity contribution in [3.63, 3.8) is 0 Å². The van der Waals surface area contributed by atoms with Crippen molar-refractivity contribution < 1.29 is 0 Å². The van der Waals surface area contributed by atoms with Gasteiger partial charge in [-0.1, -0.05) is 24.9 Å². The van der Waals surface area contributed by atoms with Crippen molar-refractivity contribution in [1.82, 2.24) is 9.97 Å². The minimum atomic E-state index is 0.601. The van der Waals surface area contributed by atoms with Gasteiger partial charge < -0.3 is 4.90 Å². The Morgan fingerprint density at radius 1 is 1.33 bits per heavy atom. The van der Waals surface area contributed by atoms with E-state index in [9.17, 15) is 0 Å². The molecule has 1 aromatic rings. The highest BCUT2D eigenvalue weighted by Crippen LogP contribution is 2.30. The van der Waals surface area contributed by atoms with Crippen molar-refractivity contribution in [3.05, 3.63) is 16.5 Å². The predicted molar refractivity (Wildman–Crippen MR) is 76.4 cm³/mol. The van der Waals surface area contributed by atoms with Crippen LogP contribution in [0, 0.1) is 12.8 Å². The summed E-state index contributed by atoms with van der Waals surface area (Å²) < 4.78 is 0. The molecule has 18 heavy (non-hydrogen) atoms. The highest BCUT2D eigenvalue weighted by molar-refractivity contribution is 6.30. The molecule has 0 amide bonds. The van der Waals surface area contributed by atoms with Gasteiger partial charge in [-0.05, 0) is 32.1 Å². The second-order valence-electron chi connectivity index (χ2n) is 5.31. The van der Waals surface area contributed by atoms with Crippen molar-refractivity contribution >= 4 is 17.4 Å². The van der Waals surface area contributed by atoms with E-state index in [1.807, 2.05) is 6.92 Å². The Morgan fingerprint density at radius 3 is 2.61 bits per heavy atom. The highest BCUT2D eigenvalue weighted by Gasteiger charge is 2.21. The van der Waals surface area contributed by atoms with E-state index in [-0.39, 0.29) is 0 Å². The largest absolute Gasteiger partial charge is 0.359 e. The van der Waals surface area contributed by atoms with E-state index in [2.05, 4.69) is 28.8 Å². The quantitative estimate of drug-likeness (QED) is 0.763. The number of aromatic nitrogens is 2. The summed E-state index contributed by atoms with van der Waals surface area (Å²) in [5.74, 6) is 2.70. The van der Waals surface area contributed by atoms with Crippen LogP contribution in [0.15, 0.2) is 0 Å². The molecule has 1 aliphatic carbocycles. The Kier molecular flexibility index (Phi) is 4.44. The number of aryl methyl sites for hydroxylation is 1. The summed E-state index contributed by atoms with van der Waals surface area (Å²) in [6, 6.07) is 0. The van der Waals surface area contributed by atoms with Crippen LogP contribution in [-0.2, 0) is 6.42 Å². The summed E-state index contributed by atoms with van der Waals surface area (Å²) in [5.41, 5.74) is 0.998. The van der Waals surface area contributed by atoms with Gasteiger partial charge in [-0.15, -0.1) is 0 Å². The van der Waals surface area contributed by atoms with E-state index in [0.29, 0.717) is 5.15 Å². The van der Waals surface area contributed by atoms with E-state index < -0.39 is 0 Å². The zero-order valence-corrected chi connectivity index (χ0v) is 12.3. The van der Waals surface area contributed by atoms with Crippen LogP contribution in [0.3, 0.4) is 0 Å². The van der Waals surface area contributed by atoms with Gasteiger partial charge in [-0.2, -0.15) is 0 Å². The Morgan fingerprint density at radius 2 is 2.06 bits per heavy atom. The normalized spacial score (nSPS) is 15.6. The van der Waals surface area contributed by atoms with Gasteiger partial charge in [0.25, 0.3) is 0 Å². The first kappa shape index (κ1) is 13.6. The summed E-state index contributed by atoms with van der Waals surface area (Å²) in [5, 5.41) is 0.601. The zero-order chi connectivity index (χ0) is 13.1. The fraction of sp³-hybridized carbons (Fsp3) is 0.714. The van der Waals surface area contributed by atoms with Crippen molar-refractivity contribution in [2.75, 3.05) is 18.5 Å². The van der Waals surface area contributed by atoms with E-state index >= 15 is 0 Å². The SMILES string of the molecule is CCCc1nc(Cl)c(C)c(N(C)CC2CCC2)n1. The summed E-state index contributed by atoms with van der Waals surface area (Å²) in [7, 11) is 2.11. The molecule has 1 aliphatic rings. The number of rotatable bonds is 5. The predicted octanol–water partition coefficient (Wildman–Crippen LogP) is 3.63. The second-order valence-corrected chi connectivity index (χ2v) is 5.66. The standard InChI is InChI=1S/C14H22ClN3/c1-4-6-12-16-13(15)10(2)14(17-12)18(3)9-11-7-5-8-11/h11H,4-9H2,1-3H3. The molecule has 1 saturated carbocycles. The molecule has 3 nitrogen and oxygen atoms in total. The zero-order valence-electron chi connectivity index (χ0n) is 11.5. The third kappa shape index (κ3) is 2.94. The van der Waals surface area contributed by atoms with E-state index in [1.165, 1.54) is 19.3 Å². The molecule has 0 atom stereocenters. The van der Waals surface area contributed by atoms with Crippen LogP contribution in [-0.4, -0.2) is 23.6 Å². The lowest BCUT2D eigenvalue weighted by atomic mass is 9.85. The molecule has 0 aromatic carbocycles. The maximum absolute atomic E-state index is 6.21. The fourth-order valence-corrected chi connectivity index (χ4v) is 2.56. The molecule has 0 aliphatic heterocycles. The average Bonchev–Trinajstić information content (AvgIpc) is 2.28. The lowest BCUT2D eigenvalue weighted by Crippen LogP contribution is -2.30. The lowest BCUT2D eigenvalue weighted by molar-refractivity contribution is 0.321. The molecule has 0 bridgehead atoms. The molecule has 1 aromatic heterocycles. The van der Waals surface area contributed by atoms with Gasteiger partial charge in [-0.3, -0.25) is 0 Å². The first-order valence-electron chi connectivity index (χ1n) is 6.86. The Bertz CT molecular complexity index is 416. The molecule has 0 N–H and O–H groups in total. The van der Waals surface area contributed by atoms with Crippen LogP contribution in [0.2, 0.25) is 5.15 Å². The average molecular weight is 268 g/mol. The van der Waals surface area contributed by atoms with Gasteiger partial charge >= 0.3 is 0 Å². The van der Waals surface area contributed by atoms with Crippen molar-refractivity contribution in [2.24, 2.45) is 5.92 Å². The van der Waals surface area contributed by atoms with Gasteiger partial charge in [0.15, 0.2) is 0 Å². The van der Waals surface area contributed by atoms with Gasteiger partial charge in [0.05, 0.1) is 0 Å². The van der Waals surface area contributed by atoms with Gasteiger partial charge in [0.2, 0.25) is 0 Å². The monoisotopic (exact) mass is 267 g/mol. The Hall–Kier alpha value is -0.830. The lowest BCUT2D eigenvalue weighted by Gasteiger charge is -2.31. The third-order valence-electron chi connectivity index (χ3n) is 3.70. The molecule has 0 saturated heterocycles. The highest BCUT2D eigenvalue weighted by atomic mass is 35.5. The smallest absolute Gasteiger partial charge is 0.137 e. The molecule has 4 heteroatoms. The third-order valence-corrected chi connectivity index (χ3v) is 4.07. The summed E-state index contributed by atoms with van der Waals surface area (Å²) in [6.45, 7) is 5.22. The minimum Gasteiger partial charge on any atom is -0.359 e. The van der Waals surface area contributed by atoms with E-state index in [1.54, 1.807) is 0 Å². The summed E-state index contributed by atoms with van der Waals surface area (Å²) in [6.07, 6.45) is 6.02. The molecule has 1 fully saturated rings. The molecule has 0 radical (unpaired) electrons.